The van der Waals surface area contributed by atoms with Gasteiger partial charge in [-0.2, -0.15) is 0 Å². The van der Waals surface area contributed by atoms with Gasteiger partial charge in [0, 0.05) is 24.7 Å². The molecule has 1 unspecified atom stereocenters. The lowest BCUT2D eigenvalue weighted by atomic mass is 10.2. The van der Waals surface area contributed by atoms with Crippen LogP contribution in [0.1, 0.15) is 13.3 Å². The van der Waals surface area contributed by atoms with Crippen LogP contribution in [0, 0.1) is 0 Å². The molecule has 0 bridgehead atoms. The van der Waals surface area contributed by atoms with Gasteiger partial charge in [0.2, 0.25) is 11.8 Å². The molecule has 0 aliphatic carbocycles. The molecule has 1 heterocycles. The van der Waals surface area contributed by atoms with E-state index >= 15 is 0 Å². The van der Waals surface area contributed by atoms with Gasteiger partial charge in [-0.05, 0) is 19.1 Å². The van der Waals surface area contributed by atoms with Crippen LogP contribution in [0.15, 0.2) is 18.2 Å². The number of anilines is 1. The van der Waals surface area contributed by atoms with Crippen molar-refractivity contribution in [1.82, 2.24) is 5.32 Å². The summed E-state index contributed by atoms with van der Waals surface area (Å²) in [5.74, 6) is 0.895. The molecule has 1 aliphatic heterocycles. The predicted octanol–water partition coefficient (Wildman–Crippen LogP) is 0.945. The van der Waals surface area contributed by atoms with E-state index in [-0.39, 0.29) is 18.2 Å². The van der Waals surface area contributed by atoms with Crippen molar-refractivity contribution in [3.63, 3.8) is 0 Å². The van der Waals surface area contributed by atoms with Gasteiger partial charge in [0.25, 0.3) is 0 Å². The zero-order valence-electron chi connectivity index (χ0n) is 11.8. The van der Waals surface area contributed by atoms with Gasteiger partial charge in [-0.15, -0.1) is 0 Å². The van der Waals surface area contributed by atoms with Crippen LogP contribution < -0.4 is 19.7 Å². The van der Waals surface area contributed by atoms with E-state index in [0.29, 0.717) is 23.7 Å². The highest BCUT2D eigenvalue weighted by atomic mass is 16.5. The largest absolute Gasteiger partial charge is 0.493 e. The molecule has 1 aromatic carbocycles. The Kier molecular flexibility index (Phi) is 4.12. The summed E-state index contributed by atoms with van der Waals surface area (Å²) in [6.07, 6.45) is 0.282. The Morgan fingerprint density at radius 3 is 2.55 bits per heavy atom. The van der Waals surface area contributed by atoms with Crippen molar-refractivity contribution in [2.75, 3.05) is 25.7 Å². The van der Waals surface area contributed by atoms with Gasteiger partial charge in [0.15, 0.2) is 11.5 Å². The highest BCUT2D eigenvalue weighted by Crippen LogP contribution is 2.32. The number of hydrogen-bond acceptors (Lipinski definition) is 4. The fraction of sp³-hybridized carbons (Fsp3) is 0.429. The number of ether oxygens (including phenoxy) is 2. The van der Waals surface area contributed by atoms with Crippen molar-refractivity contribution in [1.29, 1.82) is 0 Å². The molecule has 1 fully saturated rings. The van der Waals surface area contributed by atoms with Crippen molar-refractivity contribution < 1.29 is 19.1 Å². The number of carbonyl (C=O) groups excluding carboxylic acids is 2. The summed E-state index contributed by atoms with van der Waals surface area (Å²) in [6, 6.07) is 4.73. The Bertz CT molecular complexity index is 530. The van der Waals surface area contributed by atoms with Crippen LogP contribution in [-0.4, -0.2) is 38.6 Å². The van der Waals surface area contributed by atoms with Crippen molar-refractivity contribution >= 4 is 17.5 Å². The summed E-state index contributed by atoms with van der Waals surface area (Å²) >= 11 is 0. The standard InChI is InChI=1S/C14H18N2O4/c1-9-14(18)16(7-6-13(17)15-9)10-4-5-11(19-2)12(8-10)20-3/h4-5,8-9H,6-7H2,1-3H3,(H,15,17). The normalized spacial score (nSPS) is 19.4. The molecule has 1 N–H and O–H groups in total. The maximum Gasteiger partial charge on any atom is 0.249 e. The molecular formula is C14H18N2O4. The zero-order chi connectivity index (χ0) is 14.7. The molecular weight excluding hydrogens is 260 g/mol. The van der Waals surface area contributed by atoms with Crippen LogP contribution in [0.5, 0.6) is 11.5 Å². The maximum atomic E-state index is 12.3. The number of amides is 2. The van der Waals surface area contributed by atoms with E-state index in [1.54, 1.807) is 44.2 Å². The highest BCUT2D eigenvalue weighted by molar-refractivity contribution is 6.01. The van der Waals surface area contributed by atoms with E-state index in [0.717, 1.165) is 0 Å². The van der Waals surface area contributed by atoms with Gasteiger partial charge in [-0.1, -0.05) is 0 Å². The number of nitrogens with one attached hydrogen (secondary N) is 1. The number of hydrogen-bond donors (Lipinski definition) is 1. The lowest BCUT2D eigenvalue weighted by Crippen LogP contribution is -2.42. The first-order valence-corrected chi connectivity index (χ1v) is 6.39. The maximum absolute atomic E-state index is 12.3. The van der Waals surface area contributed by atoms with E-state index in [9.17, 15) is 9.59 Å². The van der Waals surface area contributed by atoms with Crippen molar-refractivity contribution in [3.8, 4) is 11.5 Å². The Morgan fingerprint density at radius 1 is 1.20 bits per heavy atom. The van der Waals surface area contributed by atoms with Crippen LogP contribution in [-0.2, 0) is 9.59 Å². The summed E-state index contributed by atoms with van der Waals surface area (Å²) in [4.78, 5) is 25.4. The number of nitrogens with zero attached hydrogens (tertiary/aromatic N) is 1. The molecule has 20 heavy (non-hydrogen) atoms. The number of benzene rings is 1. The molecule has 0 spiro atoms. The molecule has 6 nitrogen and oxygen atoms in total. The van der Waals surface area contributed by atoms with Gasteiger partial charge in [0.05, 0.1) is 14.2 Å². The van der Waals surface area contributed by atoms with E-state index in [2.05, 4.69) is 5.32 Å². The Balaban J connectivity index is 2.34. The van der Waals surface area contributed by atoms with Crippen LogP contribution in [0.25, 0.3) is 0 Å². The van der Waals surface area contributed by atoms with Crippen LogP contribution >= 0.6 is 0 Å². The van der Waals surface area contributed by atoms with Crippen LogP contribution in [0.4, 0.5) is 5.69 Å². The first kappa shape index (κ1) is 14.2. The minimum atomic E-state index is -0.530. The molecule has 1 saturated heterocycles. The molecule has 0 aromatic heterocycles. The topological polar surface area (TPSA) is 67.9 Å². The fourth-order valence-electron chi connectivity index (χ4n) is 2.18. The monoisotopic (exact) mass is 278 g/mol. The lowest BCUT2D eigenvalue weighted by molar-refractivity contribution is -0.125. The third-order valence-electron chi connectivity index (χ3n) is 3.26. The molecule has 1 aromatic rings. The second-order valence-electron chi connectivity index (χ2n) is 4.57. The summed E-state index contributed by atoms with van der Waals surface area (Å²) in [5.41, 5.74) is 0.691. The van der Waals surface area contributed by atoms with E-state index in [4.69, 9.17) is 9.47 Å². The Hall–Kier alpha value is -2.24. The highest BCUT2D eigenvalue weighted by Gasteiger charge is 2.27. The van der Waals surface area contributed by atoms with Crippen LogP contribution in [0.2, 0.25) is 0 Å². The first-order valence-electron chi connectivity index (χ1n) is 6.39. The molecule has 2 rings (SSSR count). The van der Waals surface area contributed by atoms with Gasteiger partial charge in [-0.3, -0.25) is 9.59 Å². The fourth-order valence-corrected chi connectivity index (χ4v) is 2.18. The van der Waals surface area contributed by atoms with Crippen molar-refractivity contribution in [2.24, 2.45) is 0 Å². The zero-order valence-corrected chi connectivity index (χ0v) is 11.8. The molecule has 1 aliphatic rings. The average Bonchev–Trinajstić information content (AvgIpc) is 2.58. The Labute approximate surface area is 117 Å². The molecule has 6 heteroatoms. The second-order valence-corrected chi connectivity index (χ2v) is 4.57. The van der Waals surface area contributed by atoms with Gasteiger partial charge >= 0.3 is 0 Å². The van der Waals surface area contributed by atoms with E-state index in [1.807, 2.05) is 0 Å². The van der Waals surface area contributed by atoms with Gasteiger partial charge in [-0.25, -0.2) is 0 Å². The summed E-state index contributed by atoms with van der Waals surface area (Å²) < 4.78 is 10.4. The van der Waals surface area contributed by atoms with Crippen LogP contribution in [0.3, 0.4) is 0 Å². The predicted molar refractivity (Wildman–Crippen MR) is 74.1 cm³/mol. The Morgan fingerprint density at radius 2 is 1.90 bits per heavy atom. The second kappa shape index (κ2) is 5.81. The minimum Gasteiger partial charge on any atom is -0.493 e. The quantitative estimate of drug-likeness (QED) is 0.893. The van der Waals surface area contributed by atoms with Gasteiger partial charge < -0.3 is 19.7 Å². The number of methoxy groups -OCH3 is 2. The van der Waals surface area contributed by atoms with Crippen molar-refractivity contribution in [3.05, 3.63) is 18.2 Å². The van der Waals surface area contributed by atoms with E-state index < -0.39 is 6.04 Å². The van der Waals surface area contributed by atoms with Crippen molar-refractivity contribution in [2.45, 2.75) is 19.4 Å². The number of rotatable bonds is 3. The SMILES string of the molecule is COc1ccc(N2CCC(=O)NC(C)C2=O)cc1OC. The summed E-state index contributed by atoms with van der Waals surface area (Å²) in [5, 5.41) is 2.66. The first-order chi connectivity index (χ1) is 9.56. The minimum absolute atomic E-state index is 0.117. The lowest BCUT2D eigenvalue weighted by Gasteiger charge is -2.23. The molecule has 1 atom stereocenters. The summed E-state index contributed by atoms with van der Waals surface area (Å²) in [6.45, 7) is 2.03. The van der Waals surface area contributed by atoms with E-state index in [1.165, 1.54) is 0 Å². The molecule has 0 radical (unpaired) electrons. The number of carbonyl (C=O) groups is 2. The third-order valence-corrected chi connectivity index (χ3v) is 3.26. The van der Waals surface area contributed by atoms with Gasteiger partial charge in [0.1, 0.15) is 6.04 Å². The summed E-state index contributed by atoms with van der Waals surface area (Å²) in [7, 11) is 3.10. The third kappa shape index (κ3) is 2.68. The average molecular weight is 278 g/mol. The smallest absolute Gasteiger partial charge is 0.249 e. The molecule has 108 valence electrons. The molecule has 2 amide bonds. The molecule has 0 saturated carbocycles.